The minimum absolute atomic E-state index is 0.0437. The van der Waals surface area contributed by atoms with E-state index in [4.69, 9.17) is 9.47 Å². The number of methoxy groups -OCH3 is 2. The summed E-state index contributed by atoms with van der Waals surface area (Å²) < 4.78 is 10.4. The highest BCUT2D eigenvalue weighted by atomic mass is 16.5. The highest BCUT2D eigenvalue weighted by Gasteiger charge is 2.45. The van der Waals surface area contributed by atoms with Crippen LogP contribution in [0.4, 0.5) is 0 Å². The summed E-state index contributed by atoms with van der Waals surface area (Å²) in [5, 5.41) is 1.26. The molecule has 2 aliphatic heterocycles. The molecule has 0 radical (unpaired) electrons. The number of carbonyl (C=O) groups excluding carboxylic acids is 1. The number of aromatic nitrogens is 1. The predicted octanol–water partition coefficient (Wildman–Crippen LogP) is 1.24. The Kier molecular flexibility index (Phi) is 3.53. The average molecular weight is 315 g/mol. The van der Waals surface area contributed by atoms with E-state index >= 15 is 0 Å². The van der Waals surface area contributed by atoms with Crippen LogP contribution in [0.5, 0.6) is 5.75 Å². The fourth-order valence-electron chi connectivity index (χ4n) is 4.45. The Bertz CT molecular complexity index is 752. The molecule has 0 bridgehead atoms. The molecule has 2 N–H and O–H groups in total. The third-order valence-electron chi connectivity index (χ3n) is 5.51. The summed E-state index contributed by atoms with van der Waals surface area (Å²) in [7, 11) is 3.18. The number of ether oxygens (including phenoxy) is 2. The van der Waals surface area contributed by atoms with E-state index in [1.807, 2.05) is 12.1 Å². The van der Waals surface area contributed by atoms with Crippen molar-refractivity contribution in [2.75, 3.05) is 27.3 Å². The molecular weight excluding hydrogens is 292 g/mol. The van der Waals surface area contributed by atoms with Gasteiger partial charge < -0.3 is 19.4 Å². The van der Waals surface area contributed by atoms with Gasteiger partial charge in [0.25, 0.3) is 0 Å². The summed E-state index contributed by atoms with van der Waals surface area (Å²) >= 11 is 0. The van der Waals surface area contributed by atoms with E-state index in [2.05, 4.69) is 11.1 Å². The van der Waals surface area contributed by atoms with Gasteiger partial charge in [-0.05, 0) is 30.5 Å². The Morgan fingerprint density at radius 2 is 2.17 bits per heavy atom. The lowest BCUT2D eigenvalue weighted by Crippen LogP contribution is -3.15. The van der Waals surface area contributed by atoms with Crippen LogP contribution in [0.15, 0.2) is 18.2 Å². The van der Waals surface area contributed by atoms with Crippen LogP contribution in [-0.2, 0) is 16.0 Å². The number of nitrogens with one attached hydrogen (secondary N) is 2. The molecular formula is C18H23N2O3+. The third-order valence-corrected chi connectivity index (χ3v) is 5.51. The van der Waals surface area contributed by atoms with Crippen molar-refractivity contribution in [3.63, 3.8) is 0 Å². The van der Waals surface area contributed by atoms with Gasteiger partial charge in [0.1, 0.15) is 17.7 Å². The van der Waals surface area contributed by atoms with Gasteiger partial charge in [-0.15, -0.1) is 0 Å². The SMILES string of the molecule is COC(=O)C1CCC[NH+]2CCc3c([nH]c4cc(OC)ccc34)[C@@H]12. The van der Waals surface area contributed by atoms with Gasteiger partial charge in [0.2, 0.25) is 0 Å². The van der Waals surface area contributed by atoms with E-state index < -0.39 is 0 Å². The second kappa shape index (κ2) is 5.57. The molecule has 23 heavy (non-hydrogen) atoms. The molecule has 0 spiro atoms. The number of H-pyrrole nitrogens is 1. The molecule has 5 heteroatoms. The van der Waals surface area contributed by atoms with Crippen molar-refractivity contribution in [2.45, 2.75) is 25.3 Å². The number of benzene rings is 1. The van der Waals surface area contributed by atoms with Gasteiger partial charge in [-0.2, -0.15) is 0 Å². The van der Waals surface area contributed by atoms with Crippen molar-refractivity contribution in [1.29, 1.82) is 0 Å². The molecule has 5 nitrogen and oxygen atoms in total. The van der Waals surface area contributed by atoms with Gasteiger partial charge >= 0.3 is 5.97 Å². The Morgan fingerprint density at radius 1 is 1.30 bits per heavy atom. The van der Waals surface area contributed by atoms with Gasteiger partial charge in [0, 0.05) is 23.4 Å². The van der Waals surface area contributed by atoms with Crippen LogP contribution in [-0.4, -0.2) is 38.3 Å². The molecule has 2 aliphatic rings. The van der Waals surface area contributed by atoms with E-state index in [0.29, 0.717) is 0 Å². The standard InChI is InChI=1S/C18H22N2O3/c1-22-11-5-6-12-13-7-9-20-8-3-4-14(18(21)23-2)17(20)16(13)19-15(12)10-11/h5-6,10,14,17,19H,3-4,7-9H2,1-2H3/p+1/t14?,17-/m1/s1. The minimum Gasteiger partial charge on any atom is -0.497 e. The molecule has 122 valence electrons. The first kappa shape index (κ1) is 14.6. The first-order valence-electron chi connectivity index (χ1n) is 8.34. The van der Waals surface area contributed by atoms with Crippen molar-refractivity contribution < 1.29 is 19.2 Å². The van der Waals surface area contributed by atoms with Crippen LogP contribution in [0, 0.1) is 5.92 Å². The Hall–Kier alpha value is -2.01. The molecule has 0 saturated carbocycles. The number of quaternary nitrogens is 1. The Labute approximate surface area is 135 Å². The van der Waals surface area contributed by atoms with E-state index in [-0.39, 0.29) is 17.9 Å². The smallest absolute Gasteiger partial charge is 0.315 e. The maximum atomic E-state index is 12.3. The summed E-state index contributed by atoms with van der Waals surface area (Å²) in [6.45, 7) is 2.22. The van der Waals surface area contributed by atoms with E-state index in [9.17, 15) is 4.79 Å². The molecule has 1 aromatic heterocycles. The molecule has 1 aromatic carbocycles. The molecule has 0 aliphatic carbocycles. The van der Waals surface area contributed by atoms with Gasteiger partial charge in [-0.3, -0.25) is 4.79 Å². The second-order valence-electron chi connectivity index (χ2n) is 6.59. The lowest BCUT2D eigenvalue weighted by molar-refractivity contribution is -0.942. The van der Waals surface area contributed by atoms with Crippen LogP contribution < -0.4 is 9.64 Å². The molecule has 4 rings (SSSR count). The predicted molar refractivity (Wildman–Crippen MR) is 86.7 cm³/mol. The molecule has 2 aromatic rings. The zero-order valence-electron chi connectivity index (χ0n) is 13.6. The minimum atomic E-state index is -0.0729. The molecule has 3 atom stereocenters. The number of rotatable bonds is 2. The Balaban J connectivity index is 1.83. The topological polar surface area (TPSA) is 55.8 Å². The van der Waals surface area contributed by atoms with E-state index in [1.165, 1.54) is 28.7 Å². The van der Waals surface area contributed by atoms with Crippen LogP contribution >= 0.6 is 0 Å². The van der Waals surface area contributed by atoms with Gasteiger partial charge in [-0.1, -0.05) is 0 Å². The molecule has 1 fully saturated rings. The normalized spacial score (nSPS) is 26.4. The first-order chi connectivity index (χ1) is 11.2. The largest absolute Gasteiger partial charge is 0.497 e. The van der Waals surface area contributed by atoms with Gasteiger partial charge in [0.15, 0.2) is 0 Å². The van der Waals surface area contributed by atoms with Crippen molar-refractivity contribution in [3.05, 3.63) is 29.5 Å². The number of fused-ring (bicyclic) bond motifs is 5. The fourth-order valence-corrected chi connectivity index (χ4v) is 4.45. The number of hydrogen-bond acceptors (Lipinski definition) is 3. The third kappa shape index (κ3) is 2.22. The summed E-state index contributed by atoms with van der Waals surface area (Å²) in [4.78, 5) is 17.4. The number of piperidine rings is 1. The number of hydrogen-bond donors (Lipinski definition) is 2. The molecule has 3 heterocycles. The highest BCUT2D eigenvalue weighted by molar-refractivity contribution is 5.86. The quantitative estimate of drug-likeness (QED) is 0.820. The second-order valence-corrected chi connectivity index (χ2v) is 6.59. The maximum absolute atomic E-state index is 12.3. The van der Waals surface area contributed by atoms with Gasteiger partial charge in [-0.25, -0.2) is 0 Å². The molecule has 1 saturated heterocycles. The van der Waals surface area contributed by atoms with Crippen LogP contribution in [0.1, 0.15) is 30.1 Å². The van der Waals surface area contributed by atoms with E-state index in [1.54, 1.807) is 7.11 Å². The zero-order valence-corrected chi connectivity index (χ0v) is 13.6. The number of esters is 1. The van der Waals surface area contributed by atoms with Crippen molar-refractivity contribution in [1.82, 2.24) is 4.98 Å². The maximum Gasteiger partial charge on any atom is 0.315 e. The van der Waals surface area contributed by atoms with Crippen LogP contribution in [0.25, 0.3) is 10.9 Å². The summed E-state index contributed by atoms with van der Waals surface area (Å²) in [6.07, 6.45) is 3.06. The summed E-state index contributed by atoms with van der Waals surface area (Å²) in [5.41, 5.74) is 3.70. The van der Waals surface area contributed by atoms with Crippen molar-refractivity contribution in [2.24, 2.45) is 5.92 Å². The number of aromatic amines is 1. The van der Waals surface area contributed by atoms with Crippen molar-refractivity contribution >= 4 is 16.9 Å². The highest BCUT2D eigenvalue weighted by Crippen LogP contribution is 2.36. The lowest BCUT2D eigenvalue weighted by Gasteiger charge is -2.39. The molecule has 2 unspecified atom stereocenters. The summed E-state index contributed by atoms with van der Waals surface area (Å²) in [5.74, 6) is 0.738. The van der Waals surface area contributed by atoms with Crippen molar-refractivity contribution in [3.8, 4) is 5.75 Å². The summed E-state index contributed by atoms with van der Waals surface area (Å²) in [6, 6.07) is 6.38. The first-order valence-corrected chi connectivity index (χ1v) is 8.34. The van der Waals surface area contributed by atoms with Gasteiger partial charge in [0.05, 0.1) is 33.0 Å². The van der Waals surface area contributed by atoms with Crippen LogP contribution in [0.2, 0.25) is 0 Å². The molecule has 0 amide bonds. The monoisotopic (exact) mass is 315 g/mol. The fraction of sp³-hybridized carbons (Fsp3) is 0.500. The Morgan fingerprint density at radius 3 is 2.96 bits per heavy atom. The zero-order chi connectivity index (χ0) is 16.0. The number of carbonyl (C=O) groups is 1. The van der Waals surface area contributed by atoms with Crippen LogP contribution in [0.3, 0.4) is 0 Å². The lowest BCUT2D eigenvalue weighted by atomic mass is 9.82. The average Bonchev–Trinajstić information content (AvgIpc) is 2.98. The van der Waals surface area contributed by atoms with E-state index in [0.717, 1.165) is 43.6 Å².